The molecule has 2 aromatic carbocycles. The molecule has 1 radical (unpaired) electrons. The molecule has 2 aromatic rings. The van der Waals surface area contributed by atoms with Crippen molar-refractivity contribution in [2.75, 3.05) is 0 Å². The van der Waals surface area contributed by atoms with Gasteiger partial charge >= 0.3 is 6.18 Å². The van der Waals surface area contributed by atoms with Crippen LogP contribution in [0.2, 0.25) is 15.1 Å². The summed E-state index contributed by atoms with van der Waals surface area (Å²) in [5, 5.41) is 3.43. The molecule has 1 heterocycles. The van der Waals surface area contributed by atoms with E-state index in [9.17, 15) is 13.2 Å². The molecule has 1 atom stereocenters. The summed E-state index contributed by atoms with van der Waals surface area (Å²) in [5.74, 6) is 0. The predicted octanol–water partition coefficient (Wildman–Crippen LogP) is 6.79. The first kappa shape index (κ1) is 18.8. The smallest absolute Gasteiger partial charge is 0.374 e. The van der Waals surface area contributed by atoms with Gasteiger partial charge in [0.1, 0.15) is 0 Å². The normalized spacial score (nSPS) is 20.4. The minimum Gasteiger partial charge on any atom is -0.374 e. The summed E-state index contributed by atoms with van der Waals surface area (Å²) in [6.07, 6.45) is -5.30. The van der Waals surface area contributed by atoms with Gasteiger partial charge in [0.15, 0.2) is 0 Å². The van der Waals surface area contributed by atoms with E-state index >= 15 is 0 Å². The molecule has 0 saturated heterocycles. The molecule has 2 nitrogen and oxygen atoms in total. The average Bonchev–Trinajstić information content (AvgIpc) is 2.98. The van der Waals surface area contributed by atoms with Gasteiger partial charge in [-0.15, -0.1) is 0 Å². The first-order valence-electron chi connectivity index (χ1n) is 6.79. The molecule has 131 valence electrons. The molecule has 1 aliphatic heterocycles. The summed E-state index contributed by atoms with van der Waals surface area (Å²) < 4.78 is 42.3. The third kappa shape index (κ3) is 3.37. The Balaban J connectivity index is 2.07. The fraction of sp³-hybridized carbons (Fsp3) is 0.188. The number of halogens is 7. The molecule has 0 bridgehead atoms. The maximum Gasteiger partial charge on any atom is 0.435 e. The zero-order valence-electron chi connectivity index (χ0n) is 12.1. The number of nitrogens with zero attached hydrogens (tertiary/aromatic N) is 1. The van der Waals surface area contributed by atoms with Gasteiger partial charge in [-0.05, 0) is 18.2 Å². The highest BCUT2D eigenvalue weighted by molar-refractivity contribution is 9.10. The van der Waals surface area contributed by atoms with E-state index in [1.165, 1.54) is 0 Å². The zero-order chi connectivity index (χ0) is 18.4. The fourth-order valence-electron chi connectivity index (χ4n) is 2.45. The lowest BCUT2D eigenvalue weighted by Crippen LogP contribution is -2.42. The summed E-state index contributed by atoms with van der Waals surface area (Å²) in [4.78, 5) is 4.92. The average molecular weight is 472 g/mol. The second kappa shape index (κ2) is 6.65. The molecule has 3 rings (SSSR count). The van der Waals surface area contributed by atoms with E-state index in [2.05, 4.69) is 27.2 Å². The van der Waals surface area contributed by atoms with E-state index in [1.807, 2.05) is 0 Å². The van der Waals surface area contributed by atoms with E-state index in [-0.39, 0.29) is 26.3 Å². The molecule has 0 N–H and O–H groups in total. The number of rotatable bonds is 2. The minimum atomic E-state index is -4.76. The summed E-state index contributed by atoms with van der Waals surface area (Å²) in [7, 11) is 0. The van der Waals surface area contributed by atoms with E-state index in [1.54, 1.807) is 18.2 Å². The molecule has 0 amide bonds. The standard InChI is InChI=1S/C16H7BrCl3F3NO/c17-10-3-1-2-8(4-10)13-7-15(25-24-13,16(21,22)23)9-5-11(18)14(20)12(19)6-9/h1-3,5-6H,7H2. The Morgan fingerprint density at radius 2 is 1.80 bits per heavy atom. The van der Waals surface area contributed by atoms with Crippen molar-refractivity contribution in [3.05, 3.63) is 67.1 Å². The molecule has 0 aliphatic carbocycles. The number of hydrogen-bond donors (Lipinski definition) is 0. The van der Waals surface area contributed by atoms with Crippen LogP contribution in [0.25, 0.3) is 0 Å². The monoisotopic (exact) mass is 470 g/mol. The van der Waals surface area contributed by atoms with E-state index in [0.29, 0.717) is 10.0 Å². The van der Waals surface area contributed by atoms with Crippen LogP contribution in [0.4, 0.5) is 13.2 Å². The molecule has 1 aliphatic rings. The van der Waals surface area contributed by atoms with Crippen molar-refractivity contribution in [1.29, 1.82) is 0 Å². The Kier molecular flexibility index (Phi) is 5.01. The second-order valence-corrected chi connectivity index (χ2v) is 7.34. The molecule has 0 aromatic heterocycles. The van der Waals surface area contributed by atoms with Crippen molar-refractivity contribution in [3.8, 4) is 0 Å². The SMILES string of the molecule is FC(F)(F)C1(c2cc(Cl)c(Cl)c(Cl)c2)CC(c2[c]c(Br)ccc2)=NO1. The molecule has 1 unspecified atom stereocenters. The zero-order valence-corrected chi connectivity index (χ0v) is 15.9. The van der Waals surface area contributed by atoms with Gasteiger partial charge in [0.25, 0.3) is 5.60 Å². The highest BCUT2D eigenvalue weighted by atomic mass is 79.9. The van der Waals surface area contributed by atoms with Gasteiger partial charge in [0.2, 0.25) is 0 Å². The van der Waals surface area contributed by atoms with Gasteiger partial charge in [0, 0.05) is 28.1 Å². The van der Waals surface area contributed by atoms with Gasteiger partial charge in [0.05, 0.1) is 20.8 Å². The third-order valence-corrected chi connectivity index (χ3v) is 5.37. The molecule has 9 heteroatoms. The largest absolute Gasteiger partial charge is 0.435 e. The fourth-order valence-corrected chi connectivity index (χ4v) is 3.41. The Morgan fingerprint density at radius 3 is 2.36 bits per heavy atom. The minimum absolute atomic E-state index is 0.0242. The van der Waals surface area contributed by atoms with Crippen LogP contribution >= 0.6 is 50.7 Å². The van der Waals surface area contributed by atoms with Crippen LogP contribution in [-0.4, -0.2) is 11.9 Å². The van der Waals surface area contributed by atoms with E-state index in [0.717, 1.165) is 12.1 Å². The van der Waals surface area contributed by atoms with Gasteiger partial charge in [-0.2, -0.15) is 13.2 Å². The second-order valence-electron chi connectivity index (χ2n) is 5.30. The Morgan fingerprint density at radius 1 is 1.16 bits per heavy atom. The van der Waals surface area contributed by atoms with Crippen molar-refractivity contribution in [2.45, 2.75) is 18.2 Å². The number of hydrogen-bond acceptors (Lipinski definition) is 2. The van der Waals surface area contributed by atoms with Gasteiger partial charge in [-0.25, -0.2) is 0 Å². The number of benzene rings is 2. The van der Waals surface area contributed by atoms with Crippen LogP contribution in [-0.2, 0) is 10.4 Å². The van der Waals surface area contributed by atoms with Crippen molar-refractivity contribution >= 4 is 56.4 Å². The molecule has 0 saturated carbocycles. The van der Waals surface area contributed by atoms with Crippen LogP contribution in [0.1, 0.15) is 17.5 Å². The van der Waals surface area contributed by atoms with Crippen LogP contribution < -0.4 is 0 Å². The highest BCUT2D eigenvalue weighted by Crippen LogP contribution is 2.50. The van der Waals surface area contributed by atoms with Gasteiger partial charge in [-0.1, -0.05) is 68.0 Å². The lowest BCUT2D eigenvalue weighted by atomic mass is 9.86. The molecule has 0 spiro atoms. The highest BCUT2D eigenvalue weighted by Gasteiger charge is 2.62. The van der Waals surface area contributed by atoms with Crippen molar-refractivity contribution < 1.29 is 18.0 Å². The molecular weight excluding hydrogens is 465 g/mol. The van der Waals surface area contributed by atoms with Crippen LogP contribution in [0, 0.1) is 6.07 Å². The summed E-state index contributed by atoms with van der Waals surface area (Å²) in [6, 6.07) is 10.0. The molecule has 0 fully saturated rings. The Hall–Kier alpha value is -0.950. The quantitative estimate of drug-likeness (QED) is 0.441. The maximum absolute atomic E-state index is 13.9. The lowest BCUT2D eigenvalue weighted by molar-refractivity contribution is -0.275. The van der Waals surface area contributed by atoms with Gasteiger partial charge < -0.3 is 4.84 Å². The molecular formula is C16H7BrCl3F3NO. The van der Waals surface area contributed by atoms with Crippen molar-refractivity contribution in [2.24, 2.45) is 5.16 Å². The summed E-state index contributed by atoms with van der Waals surface area (Å²) >= 11 is 20.8. The summed E-state index contributed by atoms with van der Waals surface area (Å²) in [6.45, 7) is 0. The van der Waals surface area contributed by atoms with Gasteiger partial charge in [-0.3, -0.25) is 0 Å². The van der Waals surface area contributed by atoms with E-state index in [4.69, 9.17) is 39.6 Å². The summed E-state index contributed by atoms with van der Waals surface area (Å²) in [5.41, 5.74) is -2.46. The maximum atomic E-state index is 13.9. The van der Waals surface area contributed by atoms with Crippen LogP contribution in [0.5, 0.6) is 0 Å². The van der Waals surface area contributed by atoms with Crippen LogP contribution in [0.3, 0.4) is 0 Å². The Bertz CT molecular complexity index is 849. The topological polar surface area (TPSA) is 21.6 Å². The first-order valence-corrected chi connectivity index (χ1v) is 8.72. The van der Waals surface area contributed by atoms with Crippen molar-refractivity contribution in [1.82, 2.24) is 0 Å². The molecule has 25 heavy (non-hydrogen) atoms. The Labute approximate surface area is 164 Å². The lowest BCUT2D eigenvalue weighted by Gasteiger charge is -2.29. The van der Waals surface area contributed by atoms with E-state index < -0.39 is 18.2 Å². The first-order chi connectivity index (χ1) is 11.6. The van der Waals surface area contributed by atoms with Crippen LogP contribution in [0.15, 0.2) is 40.0 Å². The third-order valence-electron chi connectivity index (χ3n) is 3.71. The number of oxime groups is 1. The predicted molar refractivity (Wildman–Crippen MR) is 94.4 cm³/mol. The number of alkyl halides is 3. The van der Waals surface area contributed by atoms with Crippen molar-refractivity contribution in [3.63, 3.8) is 0 Å².